The van der Waals surface area contributed by atoms with E-state index in [0.29, 0.717) is 22.9 Å². The molecule has 0 aliphatic heterocycles. The Morgan fingerprint density at radius 2 is 1.64 bits per heavy atom. The van der Waals surface area contributed by atoms with Crippen LogP contribution in [0.1, 0.15) is 16.7 Å². The topological polar surface area (TPSA) is 55.4 Å². The monoisotopic (exact) mass is 393 g/mol. The van der Waals surface area contributed by atoms with Crippen LogP contribution in [0.4, 0.5) is 18.9 Å². The number of sulfonamides is 1. The van der Waals surface area contributed by atoms with Crippen molar-refractivity contribution in [3.8, 4) is 5.75 Å². The molecule has 0 fully saturated rings. The van der Waals surface area contributed by atoms with Crippen molar-refractivity contribution in [1.29, 1.82) is 0 Å². The Kier molecular flexibility index (Phi) is 5.24. The van der Waals surface area contributed by atoms with Crippen LogP contribution in [-0.4, -0.2) is 15.5 Å². The van der Waals surface area contributed by atoms with Gasteiger partial charge < -0.3 is 4.74 Å². The second-order valence-electron chi connectivity index (χ2n) is 5.39. The molecule has 0 bridgehead atoms. The lowest BCUT2D eigenvalue weighted by atomic mass is 10.1. The van der Waals surface area contributed by atoms with Crippen molar-refractivity contribution >= 4 is 27.3 Å². The molecule has 4 nitrogen and oxygen atoms in total. The van der Waals surface area contributed by atoms with Gasteiger partial charge in [-0.15, -0.1) is 0 Å². The average molecular weight is 394 g/mol. The second kappa shape index (κ2) is 6.76. The van der Waals surface area contributed by atoms with E-state index >= 15 is 0 Å². The molecule has 2 aromatic rings. The number of benzene rings is 2. The first kappa shape index (κ1) is 19.4. The maximum atomic E-state index is 12.8. The number of hydrogen-bond donors (Lipinski definition) is 1. The molecule has 0 unspecified atom stereocenters. The van der Waals surface area contributed by atoms with Gasteiger partial charge in [0.05, 0.1) is 28.3 Å². The number of alkyl halides is 3. The Morgan fingerprint density at radius 3 is 2.12 bits per heavy atom. The summed E-state index contributed by atoms with van der Waals surface area (Å²) in [7, 11) is -2.69. The molecular formula is C16H15ClF3NO3S. The SMILES string of the molecule is COc1cc(C)c(S(=O)(=O)Nc2cc(C(F)(F)F)ccc2Cl)c(C)c1. The zero-order chi connectivity index (χ0) is 19.0. The molecule has 0 atom stereocenters. The fraction of sp³-hybridized carbons (Fsp3) is 0.250. The van der Waals surface area contributed by atoms with Crippen molar-refractivity contribution in [2.45, 2.75) is 24.9 Å². The summed E-state index contributed by atoms with van der Waals surface area (Å²) >= 11 is 5.85. The van der Waals surface area contributed by atoms with Gasteiger partial charge in [0.1, 0.15) is 5.75 Å². The van der Waals surface area contributed by atoms with E-state index in [0.717, 1.165) is 12.1 Å². The van der Waals surface area contributed by atoms with E-state index in [1.165, 1.54) is 19.2 Å². The van der Waals surface area contributed by atoms with E-state index in [9.17, 15) is 21.6 Å². The molecule has 0 heterocycles. The molecule has 0 spiro atoms. The highest BCUT2D eigenvalue weighted by molar-refractivity contribution is 7.92. The maximum absolute atomic E-state index is 12.8. The Morgan fingerprint density at radius 1 is 1.08 bits per heavy atom. The van der Waals surface area contributed by atoms with Gasteiger partial charge in [0.15, 0.2) is 0 Å². The van der Waals surface area contributed by atoms with Crippen LogP contribution in [0.2, 0.25) is 5.02 Å². The van der Waals surface area contributed by atoms with Gasteiger partial charge in [0.25, 0.3) is 10.0 Å². The van der Waals surface area contributed by atoms with Crippen molar-refractivity contribution in [3.05, 3.63) is 52.0 Å². The van der Waals surface area contributed by atoms with Crippen LogP contribution in [-0.2, 0) is 16.2 Å². The summed E-state index contributed by atoms with van der Waals surface area (Å²) in [5, 5.41) is -0.139. The van der Waals surface area contributed by atoms with Gasteiger partial charge in [-0.1, -0.05) is 11.6 Å². The molecule has 0 aromatic heterocycles. The van der Waals surface area contributed by atoms with Crippen molar-refractivity contribution in [2.24, 2.45) is 0 Å². The van der Waals surface area contributed by atoms with Crippen LogP contribution in [0.15, 0.2) is 35.2 Å². The van der Waals surface area contributed by atoms with E-state index in [1.807, 2.05) is 0 Å². The molecule has 0 saturated carbocycles. The van der Waals surface area contributed by atoms with Crippen LogP contribution in [0, 0.1) is 13.8 Å². The summed E-state index contributed by atoms with van der Waals surface area (Å²) in [5.74, 6) is 0.478. The quantitative estimate of drug-likeness (QED) is 0.812. The molecule has 25 heavy (non-hydrogen) atoms. The summed E-state index contributed by atoms with van der Waals surface area (Å²) in [6.07, 6.45) is -4.61. The fourth-order valence-electron chi connectivity index (χ4n) is 2.43. The average Bonchev–Trinajstić information content (AvgIpc) is 2.46. The Labute approximate surface area is 148 Å². The molecule has 0 aliphatic rings. The molecule has 136 valence electrons. The number of ether oxygens (including phenoxy) is 1. The van der Waals surface area contributed by atoms with Gasteiger partial charge in [-0.2, -0.15) is 13.2 Å². The van der Waals surface area contributed by atoms with E-state index in [-0.39, 0.29) is 15.6 Å². The maximum Gasteiger partial charge on any atom is 0.416 e. The van der Waals surface area contributed by atoms with Crippen LogP contribution in [0.5, 0.6) is 5.75 Å². The van der Waals surface area contributed by atoms with E-state index < -0.39 is 21.8 Å². The Hall–Kier alpha value is -1.93. The molecule has 2 aromatic carbocycles. The first-order valence-electron chi connectivity index (χ1n) is 7.00. The third kappa shape index (κ3) is 4.19. The number of anilines is 1. The van der Waals surface area contributed by atoms with Gasteiger partial charge in [0.2, 0.25) is 0 Å². The highest BCUT2D eigenvalue weighted by atomic mass is 35.5. The standard InChI is InChI=1S/C16H15ClF3NO3S/c1-9-6-12(24-3)7-10(2)15(9)25(22,23)21-14-8-11(16(18,19)20)4-5-13(14)17/h4-8,21H,1-3H3. The summed E-state index contributed by atoms with van der Waals surface area (Å²) in [6, 6.07) is 5.48. The third-order valence-electron chi connectivity index (χ3n) is 3.48. The van der Waals surface area contributed by atoms with Crippen molar-refractivity contribution in [3.63, 3.8) is 0 Å². The number of rotatable bonds is 4. The Bertz CT molecular complexity index is 888. The third-order valence-corrected chi connectivity index (χ3v) is 5.48. The van der Waals surface area contributed by atoms with Crippen LogP contribution in [0.25, 0.3) is 0 Å². The predicted molar refractivity (Wildman–Crippen MR) is 89.7 cm³/mol. The molecule has 0 aliphatic carbocycles. The molecular weight excluding hydrogens is 379 g/mol. The minimum atomic E-state index is -4.61. The summed E-state index contributed by atoms with van der Waals surface area (Å²) in [4.78, 5) is -0.0400. The number of methoxy groups -OCH3 is 1. The second-order valence-corrected chi connectivity index (χ2v) is 7.41. The number of hydrogen-bond acceptors (Lipinski definition) is 3. The highest BCUT2D eigenvalue weighted by Gasteiger charge is 2.31. The Balaban J connectivity index is 2.50. The van der Waals surface area contributed by atoms with E-state index in [4.69, 9.17) is 16.3 Å². The summed E-state index contributed by atoms with van der Waals surface area (Å²) in [5.41, 5.74) is -0.552. The minimum Gasteiger partial charge on any atom is -0.497 e. The molecule has 0 amide bonds. The largest absolute Gasteiger partial charge is 0.497 e. The molecule has 0 saturated heterocycles. The summed E-state index contributed by atoms with van der Waals surface area (Å²) in [6.45, 7) is 3.13. The number of halogens is 4. The van der Waals surface area contributed by atoms with Crippen molar-refractivity contribution in [1.82, 2.24) is 0 Å². The lowest BCUT2D eigenvalue weighted by molar-refractivity contribution is -0.137. The zero-order valence-corrected chi connectivity index (χ0v) is 15.1. The zero-order valence-electron chi connectivity index (χ0n) is 13.5. The summed E-state index contributed by atoms with van der Waals surface area (Å²) < 4.78 is 71.0. The number of aryl methyl sites for hydroxylation is 2. The molecule has 1 N–H and O–H groups in total. The first-order chi connectivity index (χ1) is 11.5. The lowest BCUT2D eigenvalue weighted by Gasteiger charge is -2.16. The van der Waals surface area contributed by atoms with Crippen molar-refractivity contribution < 1.29 is 26.3 Å². The minimum absolute atomic E-state index is 0.0400. The smallest absolute Gasteiger partial charge is 0.416 e. The van der Waals surface area contributed by atoms with Crippen molar-refractivity contribution in [2.75, 3.05) is 11.8 Å². The van der Waals surface area contributed by atoms with Gasteiger partial charge in [-0.3, -0.25) is 4.72 Å². The van der Waals surface area contributed by atoms with Gasteiger partial charge in [0, 0.05) is 0 Å². The number of nitrogens with one attached hydrogen (secondary N) is 1. The molecule has 9 heteroatoms. The molecule has 2 rings (SSSR count). The van der Waals surface area contributed by atoms with Gasteiger partial charge in [-0.25, -0.2) is 8.42 Å². The molecule has 0 radical (unpaired) electrons. The predicted octanol–water partition coefficient (Wildman–Crippen LogP) is 4.79. The van der Waals surface area contributed by atoms with Gasteiger partial charge >= 0.3 is 6.18 Å². The van der Waals surface area contributed by atoms with E-state index in [1.54, 1.807) is 13.8 Å². The van der Waals surface area contributed by atoms with Crippen LogP contribution in [0.3, 0.4) is 0 Å². The normalized spacial score (nSPS) is 12.1. The van der Waals surface area contributed by atoms with Crippen LogP contribution < -0.4 is 9.46 Å². The fourth-order valence-corrected chi connectivity index (χ4v) is 4.17. The lowest BCUT2D eigenvalue weighted by Crippen LogP contribution is -2.17. The van der Waals surface area contributed by atoms with Crippen LogP contribution >= 0.6 is 11.6 Å². The first-order valence-corrected chi connectivity index (χ1v) is 8.86. The van der Waals surface area contributed by atoms with E-state index in [2.05, 4.69) is 4.72 Å². The highest BCUT2D eigenvalue weighted by Crippen LogP contribution is 2.35. The van der Waals surface area contributed by atoms with Gasteiger partial charge in [-0.05, 0) is 55.3 Å².